The van der Waals surface area contributed by atoms with Crippen LogP contribution in [-0.4, -0.2) is 9.78 Å². The zero-order valence-electron chi connectivity index (χ0n) is 11.2. The molecule has 0 amide bonds. The largest absolute Gasteiger partial charge is 0.321 e. The van der Waals surface area contributed by atoms with Crippen LogP contribution in [0.15, 0.2) is 18.2 Å². The van der Waals surface area contributed by atoms with Crippen molar-refractivity contribution in [2.45, 2.75) is 44.6 Å². The third kappa shape index (κ3) is 1.65. The lowest BCUT2D eigenvalue weighted by atomic mass is 9.76. The normalized spacial score (nSPS) is 19.3. The number of hydrogen-bond acceptors (Lipinski definition) is 2. The van der Waals surface area contributed by atoms with Crippen LogP contribution in [0.1, 0.15) is 43.4 Å². The van der Waals surface area contributed by atoms with Gasteiger partial charge in [0, 0.05) is 18.0 Å². The Labute approximate surface area is 108 Å². The fourth-order valence-corrected chi connectivity index (χ4v) is 3.39. The highest BCUT2D eigenvalue weighted by Crippen LogP contribution is 2.38. The van der Waals surface area contributed by atoms with Crippen LogP contribution in [0.3, 0.4) is 0 Å². The maximum Gasteiger partial charge on any atom is 0.0685 e. The number of benzene rings is 1. The van der Waals surface area contributed by atoms with Crippen molar-refractivity contribution in [2.75, 3.05) is 0 Å². The molecule has 2 N–H and O–H groups in total. The number of hydrogen-bond donors (Lipinski definition) is 1. The number of aromatic nitrogens is 2. The van der Waals surface area contributed by atoms with Crippen molar-refractivity contribution in [3.05, 3.63) is 29.5 Å². The molecule has 0 spiro atoms. The van der Waals surface area contributed by atoms with E-state index >= 15 is 0 Å². The lowest BCUT2D eigenvalue weighted by molar-refractivity contribution is 0.304. The first kappa shape index (κ1) is 11.7. The molecular formula is C15H21N3. The lowest BCUT2D eigenvalue weighted by Crippen LogP contribution is -2.38. The molecule has 1 aromatic heterocycles. The van der Waals surface area contributed by atoms with Crippen molar-refractivity contribution >= 4 is 10.9 Å². The van der Waals surface area contributed by atoms with Crippen LogP contribution in [-0.2, 0) is 12.6 Å². The summed E-state index contributed by atoms with van der Waals surface area (Å²) in [7, 11) is 2.00. The first-order chi connectivity index (χ1) is 8.62. The zero-order valence-corrected chi connectivity index (χ0v) is 11.2. The molecule has 0 unspecified atom stereocenters. The molecule has 1 heterocycles. The van der Waals surface area contributed by atoms with Gasteiger partial charge in [0.25, 0.3) is 0 Å². The minimum Gasteiger partial charge on any atom is -0.321 e. The Balaban J connectivity index is 2.22. The molecule has 1 aliphatic carbocycles. The first-order valence-electron chi connectivity index (χ1n) is 6.83. The number of rotatable bonds is 1. The van der Waals surface area contributed by atoms with Gasteiger partial charge in [0.2, 0.25) is 0 Å². The highest BCUT2D eigenvalue weighted by Gasteiger charge is 2.31. The average molecular weight is 243 g/mol. The Bertz CT molecular complexity index is 577. The Morgan fingerprint density at radius 3 is 2.67 bits per heavy atom. The van der Waals surface area contributed by atoms with Gasteiger partial charge in [-0.15, -0.1) is 0 Å². The van der Waals surface area contributed by atoms with Gasteiger partial charge < -0.3 is 5.73 Å². The van der Waals surface area contributed by atoms with Gasteiger partial charge in [-0.2, -0.15) is 5.10 Å². The van der Waals surface area contributed by atoms with E-state index < -0.39 is 0 Å². The molecule has 96 valence electrons. The SMILES string of the molecule is Cc1nn(C)c2cccc(C3(N)CCCCC3)c12. The third-order valence-electron chi connectivity index (χ3n) is 4.34. The Morgan fingerprint density at radius 2 is 1.94 bits per heavy atom. The summed E-state index contributed by atoms with van der Waals surface area (Å²) in [6.07, 6.45) is 6.00. The highest BCUT2D eigenvalue weighted by molar-refractivity contribution is 5.86. The minimum absolute atomic E-state index is 0.147. The Kier molecular flexibility index (Phi) is 2.67. The fourth-order valence-electron chi connectivity index (χ4n) is 3.39. The van der Waals surface area contributed by atoms with Crippen LogP contribution in [0.4, 0.5) is 0 Å². The van der Waals surface area contributed by atoms with E-state index in [1.807, 2.05) is 11.7 Å². The van der Waals surface area contributed by atoms with Crippen LogP contribution < -0.4 is 5.73 Å². The van der Waals surface area contributed by atoms with E-state index in [-0.39, 0.29) is 5.54 Å². The summed E-state index contributed by atoms with van der Waals surface area (Å²) in [6.45, 7) is 2.08. The molecular weight excluding hydrogens is 222 g/mol. The number of aryl methyl sites for hydroxylation is 2. The van der Waals surface area contributed by atoms with E-state index in [9.17, 15) is 0 Å². The maximum atomic E-state index is 6.69. The lowest BCUT2D eigenvalue weighted by Gasteiger charge is -2.34. The predicted molar refractivity (Wildman–Crippen MR) is 74.4 cm³/mol. The Hall–Kier alpha value is -1.35. The van der Waals surface area contributed by atoms with Crippen molar-refractivity contribution in [1.82, 2.24) is 9.78 Å². The Morgan fingerprint density at radius 1 is 1.22 bits per heavy atom. The second-order valence-electron chi connectivity index (χ2n) is 5.63. The van der Waals surface area contributed by atoms with E-state index in [4.69, 9.17) is 5.73 Å². The number of nitrogens with zero attached hydrogens (tertiary/aromatic N) is 2. The van der Waals surface area contributed by atoms with Crippen molar-refractivity contribution in [1.29, 1.82) is 0 Å². The molecule has 3 rings (SSSR count). The molecule has 0 atom stereocenters. The summed E-state index contributed by atoms with van der Waals surface area (Å²) in [5.74, 6) is 0. The van der Waals surface area contributed by atoms with Crippen molar-refractivity contribution in [2.24, 2.45) is 12.8 Å². The van der Waals surface area contributed by atoms with Gasteiger partial charge in [-0.1, -0.05) is 31.4 Å². The van der Waals surface area contributed by atoms with Gasteiger partial charge >= 0.3 is 0 Å². The van der Waals surface area contributed by atoms with E-state index in [0.717, 1.165) is 18.5 Å². The molecule has 0 saturated heterocycles. The molecule has 0 aliphatic heterocycles. The second kappa shape index (κ2) is 4.09. The number of nitrogens with two attached hydrogens (primary N) is 1. The van der Waals surface area contributed by atoms with Crippen LogP contribution >= 0.6 is 0 Å². The maximum absolute atomic E-state index is 6.69. The molecule has 1 aromatic carbocycles. The smallest absolute Gasteiger partial charge is 0.0685 e. The summed E-state index contributed by atoms with van der Waals surface area (Å²) in [5, 5.41) is 5.81. The van der Waals surface area contributed by atoms with Crippen LogP contribution in [0.5, 0.6) is 0 Å². The average Bonchev–Trinajstić information content (AvgIpc) is 2.66. The summed E-state index contributed by atoms with van der Waals surface area (Å²) in [6, 6.07) is 6.44. The fraction of sp³-hybridized carbons (Fsp3) is 0.533. The van der Waals surface area contributed by atoms with Gasteiger partial charge in [-0.05, 0) is 31.4 Å². The molecule has 2 aromatic rings. The monoisotopic (exact) mass is 243 g/mol. The van der Waals surface area contributed by atoms with E-state index in [0.29, 0.717) is 0 Å². The molecule has 0 radical (unpaired) electrons. The molecule has 1 aliphatic rings. The number of fused-ring (bicyclic) bond motifs is 1. The van der Waals surface area contributed by atoms with Gasteiger partial charge in [0.1, 0.15) is 0 Å². The molecule has 18 heavy (non-hydrogen) atoms. The van der Waals surface area contributed by atoms with Crippen LogP contribution in [0.25, 0.3) is 10.9 Å². The summed E-state index contributed by atoms with van der Waals surface area (Å²) < 4.78 is 1.96. The van der Waals surface area contributed by atoms with Crippen molar-refractivity contribution < 1.29 is 0 Å². The quantitative estimate of drug-likeness (QED) is 0.836. The van der Waals surface area contributed by atoms with Crippen molar-refractivity contribution in [3.63, 3.8) is 0 Å². The predicted octanol–water partition coefficient (Wildman–Crippen LogP) is 3.00. The minimum atomic E-state index is -0.147. The highest BCUT2D eigenvalue weighted by atomic mass is 15.3. The van der Waals surface area contributed by atoms with Gasteiger partial charge in [0.15, 0.2) is 0 Å². The summed E-state index contributed by atoms with van der Waals surface area (Å²) in [5.41, 5.74) is 10.1. The molecule has 0 bridgehead atoms. The van der Waals surface area contributed by atoms with Crippen molar-refractivity contribution in [3.8, 4) is 0 Å². The van der Waals surface area contributed by atoms with Gasteiger partial charge in [0.05, 0.1) is 11.2 Å². The van der Waals surface area contributed by atoms with E-state index in [1.54, 1.807) is 0 Å². The van der Waals surface area contributed by atoms with Crippen LogP contribution in [0.2, 0.25) is 0 Å². The molecule has 1 saturated carbocycles. The van der Waals surface area contributed by atoms with E-state index in [1.165, 1.54) is 35.7 Å². The summed E-state index contributed by atoms with van der Waals surface area (Å²) >= 11 is 0. The molecule has 3 heteroatoms. The summed E-state index contributed by atoms with van der Waals surface area (Å²) in [4.78, 5) is 0. The molecule has 1 fully saturated rings. The standard InChI is InChI=1S/C15H21N3/c1-11-14-12(15(16)9-4-3-5-10-15)7-6-8-13(14)18(2)17-11/h6-8H,3-5,9-10,16H2,1-2H3. The first-order valence-corrected chi connectivity index (χ1v) is 6.83. The second-order valence-corrected chi connectivity index (χ2v) is 5.63. The zero-order chi connectivity index (χ0) is 12.8. The molecule has 3 nitrogen and oxygen atoms in total. The third-order valence-corrected chi connectivity index (χ3v) is 4.34. The van der Waals surface area contributed by atoms with Crippen LogP contribution in [0, 0.1) is 6.92 Å². The topological polar surface area (TPSA) is 43.8 Å². The van der Waals surface area contributed by atoms with E-state index in [2.05, 4.69) is 30.2 Å². The van der Waals surface area contributed by atoms with Gasteiger partial charge in [-0.3, -0.25) is 4.68 Å². The van der Waals surface area contributed by atoms with Gasteiger partial charge in [-0.25, -0.2) is 0 Å².